The first kappa shape index (κ1) is 31.7. The molecule has 4 N–H and O–H groups in total. The quantitative estimate of drug-likeness (QED) is 0.220. The molecule has 0 spiro atoms. The zero-order valence-electron chi connectivity index (χ0n) is 25.7. The lowest BCUT2D eigenvalue weighted by Gasteiger charge is -2.39. The third-order valence-corrected chi connectivity index (χ3v) is 10.1. The van der Waals surface area contributed by atoms with Crippen LogP contribution >= 0.6 is 0 Å². The SMILES string of the molecule is CNc1cc(C)c(/C=C/S(=O)(=O)N2CCC(NC(=O)c3cccc(-c4ccccc4-c4ccccc4)c3)(C(N)=O)CC2)c(C)c1. The minimum atomic E-state index is -3.78. The normalized spacial score (nSPS) is 15.1. The van der Waals surface area contributed by atoms with E-state index in [4.69, 9.17) is 5.73 Å². The number of sulfonamides is 1. The molecule has 1 saturated heterocycles. The molecule has 1 aliphatic heterocycles. The molecule has 45 heavy (non-hydrogen) atoms. The number of hydrogen-bond acceptors (Lipinski definition) is 5. The minimum Gasteiger partial charge on any atom is -0.388 e. The molecule has 8 nitrogen and oxygen atoms in total. The summed E-state index contributed by atoms with van der Waals surface area (Å²) in [5.74, 6) is -1.13. The van der Waals surface area contributed by atoms with Crippen LogP contribution in [0.4, 0.5) is 5.69 Å². The van der Waals surface area contributed by atoms with Gasteiger partial charge in [-0.25, -0.2) is 8.42 Å². The van der Waals surface area contributed by atoms with E-state index in [-0.39, 0.29) is 25.9 Å². The van der Waals surface area contributed by atoms with Crippen LogP contribution in [-0.2, 0) is 14.8 Å². The summed E-state index contributed by atoms with van der Waals surface area (Å²) in [4.78, 5) is 26.3. The number of nitrogens with zero attached hydrogens (tertiary/aromatic N) is 1. The van der Waals surface area contributed by atoms with E-state index in [1.165, 1.54) is 9.71 Å². The number of nitrogens with two attached hydrogens (primary N) is 1. The molecule has 232 valence electrons. The number of rotatable bonds is 9. The van der Waals surface area contributed by atoms with Gasteiger partial charge in [0.25, 0.3) is 5.91 Å². The van der Waals surface area contributed by atoms with Gasteiger partial charge in [-0.1, -0.05) is 66.7 Å². The van der Waals surface area contributed by atoms with E-state index in [0.717, 1.165) is 44.6 Å². The molecule has 0 unspecified atom stereocenters. The molecule has 9 heteroatoms. The standard InChI is InChI=1S/C36H38N4O4S/c1-25-22-30(38-3)23-26(2)31(25)16-21-45(43,44)40-19-17-36(18-20-40,35(37)42)39-34(41)29-13-9-12-28(24-29)33-15-8-7-14-32(33)27-10-5-4-6-11-27/h4-16,21-24,38H,17-20H2,1-3H3,(H2,37,42)(H,39,41)/b21-16+. The summed E-state index contributed by atoms with van der Waals surface area (Å²) in [6.07, 6.45) is 1.74. The molecule has 5 rings (SSSR count). The minimum absolute atomic E-state index is 0.0387. The van der Waals surface area contributed by atoms with Gasteiger partial charge in [0.15, 0.2) is 0 Å². The lowest BCUT2D eigenvalue weighted by Crippen LogP contribution is -2.62. The molecule has 4 aromatic carbocycles. The fourth-order valence-corrected chi connectivity index (χ4v) is 7.07. The van der Waals surface area contributed by atoms with Crippen molar-refractivity contribution < 1.29 is 18.0 Å². The number of carbonyl (C=O) groups excluding carboxylic acids is 2. The van der Waals surface area contributed by atoms with E-state index in [2.05, 4.69) is 10.6 Å². The van der Waals surface area contributed by atoms with Crippen molar-refractivity contribution in [2.45, 2.75) is 32.2 Å². The summed E-state index contributed by atoms with van der Waals surface area (Å²) in [5.41, 5.74) is 12.5. The highest BCUT2D eigenvalue weighted by Crippen LogP contribution is 2.33. The van der Waals surface area contributed by atoms with Crippen molar-refractivity contribution in [3.63, 3.8) is 0 Å². The van der Waals surface area contributed by atoms with E-state index in [1.807, 2.05) is 93.7 Å². The van der Waals surface area contributed by atoms with Crippen LogP contribution in [-0.4, -0.2) is 50.2 Å². The second-order valence-electron chi connectivity index (χ2n) is 11.4. The molecule has 0 saturated carbocycles. The van der Waals surface area contributed by atoms with Gasteiger partial charge in [0, 0.05) is 36.8 Å². The Bertz CT molecular complexity index is 1840. The fourth-order valence-electron chi connectivity index (χ4n) is 5.90. The molecule has 0 aliphatic carbocycles. The molecule has 0 radical (unpaired) electrons. The molecular weight excluding hydrogens is 584 g/mol. The van der Waals surface area contributed by atoms with Crippen LogP contribution in [0.25, 0.3) is 28.3 Å². The van der Waals surface area contributed by atoms with Crippen LogP contribution in [0.1, 0.15) is 39.9 Å². The maximum Gasteiger partial charge on any atom is 0.252 e. The number of nitrogens with one attached hydrogen (secondary N) is 2. The summed E-state index contributed by atoms with van der Waals surface area (Å²) in [6.45, 7) is 3.94. The summed E-state index contributed by atoms with van der Waals surface area (Å²) < 4.78 is 27.8. The Kier molecular flexibility index (Phi) is 9.22. The lowest BCUT2D eigenvalue weighted by atomic mass is 9.87. The Balaban J connectivity index is 1.32. The van der Waals surface area contributed by atoms with Crippen LogP contribution in [0, 0.1) is 13.8 Å². The number of piperidine rings is 1. The van der Waals surface area contributed by atoms with Crippen LogP contribution in [0.3, 0.4) is 0 Å². The predicted octanol–water partition coefficient (Wildman–Crippen LogP) is 5.73. The number of primary amides is 1. The van der Waals surface area contributed by atoms with Gasteiger partial charge in [0.2, 0.25) is 15.9 Å². The van der Waals surface area contributed by atoms with Crippen LogP contribution < -0.4 is 16.4 Å². The van der Waals surface area contributed by atoms with Gasteiger partial charge in [0.05, 0.1) is 0 Å². The molecule has 1 heterocycles. The molecule has 2 amide bonds. The monoisotopic (exact) mass is 622 g/mol. The number of hydrogen-bond donors (Lipinski definition) is 3. The smallest absolute Gasteiger partial charge is 0.252 e. The van der Waals surface area contributed by atoms with E-state index in [0.29, 0.717) is 5.56 Å². The number of carbonyl (C=O) groups is 2. The van der Waals surface area contributed by atoms with Gasteiger partial charge >= 0.3 is 0 Å². The molecular formula is C36H38N4O4S. The van der Waals surface area contributed by atoms with Gasteiger partial charge in [-0.2, -0.15) is 4.31 Å². The Labute approximate surface area is 265 Å². The van der Waals surface area contributed by atoms with E-state index >= 15 is 0 Å². The van der Waals surface area contributed by atoms with Gasteiger partial charge in [-0.15, -0.1) is 0 Å². The van der Waals surface area contributed by atoms with Gasteiger partial charge in [0.1, 0.15) is 5.54 Å². The number of benzene rings is 4. The first-order chi connectivity index (χ1) is 21.5. The van der Waals surface area contributed by atoms with E-state index in [1.54, 1.807) is 24.3 Å². The van der Waals surface area contributed by atoms with E-state index in [9.17, 15) is 18.0 Å². The zero-order chi connectivity index (χ0) is 32.2. The van der Waals surface area contributed by atoms with Crippen molar-refractivity contribution >= 4 is 33.6 Å². The Morgan fingerprint density at radius 1 is 0.822 bits per heavy atom. The maximum atomic E-state index is 13.5. The van der Waals surface area contributed by atoms with Crippen molar-refractivity contribution in [2.24, 2.45) is 5.73 Å². The van der Waals surface area contributed by atoms with Crippen LogP contribution in [0.5, 0.6) is 0 Å². The highest BCUT2D eigenvalue weighted by Gasteiger charge is 2.43. The molecule has 1 fully saturated rings. The number of amides is 2. The first-order valence-electron chi connectivity index (χ1n) is 14.9. The first-order valence-corrected chi connectivity index (χ1v) is 16.4. The molecule has 0 bridgehead atoms. The van der Waals surface area contributed by atoms with Gasteiger partial charge in [-0.3, -0.25) is 9.59 Å². The second-order valence-corrected chi connectivity index (χ2v) is 13.2. The average Bonchev–Trinajstić information content (AvgIpc) is 3.04. The van der Waals surface area contributed by atoms with Crippen molar-refractivity contribution in [2.75, 3.05) is 25.5 Å². The Morgan fingerprint density at radius 2 is 1.40 bits per heavy atom. The Morgan fingerprint density at radius 3 is 2.00 bits per heavy atom. The number of aryl methyl sites for hydroxylation is 2. The average molecular weight is 623 g/mol. The van der Waals surface area contributed by atoms with Gasteiger partial charge in [-0.05, 0) is 96.0 Å². The highest BCUT2D eigenvalue weighted by atomic mass is 32.2. The summed E-state index contributed by atoms with van der Waals surface area (Å²) >= 11 is 0. The third-order valence-electron chi connectivity index (χ3n) is 8.50. The Hall–Kier alpha value is -4.73. The van der Waals surface area contributed by atoms with Crippen LogP contribution in [0.2, 0.25) is 0 Å². The predicted molar refractivity (Wildman–Crippen MR) is 181 cm³/mol. The van der Waals surface area contributed by atoms with Crippen molar-refractivity contribution in [3.8, 4) is 22.3 Å². The maximum absolute atomic E-state index is 13.5. The zero-order valence-corrected chi connectivity index (χ0v) is 26.5. The summed E-state index contributed by atoms with van der Waals surface area (Å²) in [6, 6.07) is 29.1. The highest BCUT2D eigenvalue weighted by molar-refractivity contribution is 7.92. The molecule has 0 aromatic heterocycles. The summed E-state index contributed by atoms with van der Waals surface area (Å²) in [5, 5.41) is 7.17. The third kappa shape index (κ3) is 6.84. The van der Waals surface area contributed by atoms with Crippen molar-refractivity contribution in [1.82, 2.24) is 9.62 Å². The lowest BCUT2D eigenvalue weighted by molar-refractivity contribution is -0.125. The van der Waals surface area contributed by atoms with Crippen molar-refractivity contribution in [1.29, 1.82) is 0 Å². The second kappa shape index (κ2) is 13.1. The summed E-state index contributed by atoms with van der Waals surface area (Å²) in [7, 11) is -1.94. The van der Waals surface area contributed by atoms with Crippen LogP contribution in [0.15, 0.2) is 96.4 Å². The molecule has 1 aliphatic rings. The van der Waals surface area contributed by atoms with Gasteiger partial charge < -0.3 is 16.4 Å². The fraction of sp³-hybridized carbons (Fsp3) is 0.222. The number of anilines is 1. The van der Waals surface area contributed by atoms with E-state index < -0.39 is 27.4 Å². The molecule has 4 aromatic rings. The topological polar surface area (TPSA) is 122 Å². The largest absolute Gasteiger partial charge is 0.388 e. The van der Waals surface area contributed by atoms with Crippen molar-refractivity contribution in [3.05, 3.63) is 119 Å². The molecule has 0 atom stereocenters.